The van der Waals surface area contributed by atoms with Crippen molar-refractivity contribution >= 4 is 28.3 Å². The van der Waals surface area contributed by atoms with Gasteiger partial charge in [-0.3, -0.25) is 9.59 Å². The minimum Gasteiger partial charge on any atom is -0.497 e. The number of hydrogen-bond donors (Lipinski definition) is 1. The number of rotatable bonds is 4. The molecule has 126 valence electrons. The molecule has 0 saturated heterocycles. The maximum Gasteiger partial charge on any atom is 0.349 e. The lowest BCUT2D eigenvalue weighted by molar-refractivity contribution is 0.100. The van der Waals surface area contributed by atoms with Gasteiger partial charge in [-0.15, -0.1) is 0 Å². The second-order valence-corrected chi connectivity index (χ2v) is 5.44. The van der Waals surface area contributed by atoms with Gasteiger partial charge in [0, 0.05) is 22.7 Å². The number of carbonyl (C=O) groups is 2. The van der Waals surface area contributed by atoms with Crippen LogP contribution in [0, 0.1) is 0 Å². The van der Waals surface area contributed by atoms with Crippen LogP contribution in [0.15, 0.2) is 57.7 Å². The van der Waals surface area contributed by atoms with Crippen LogP contribution in [0.3, 0.4) is 0 Å². The molecule has 0 saturated carbocycles. The van der Waals surface area contributed by atoms with E-state index in [2.05, 4.69) is 5.32 Å². The molecule has 0 aliphatic heterocycles. The van der Waals surface area contributed by atoms with E-state index in [0.717, 1.165) is 0 Å². The molecule has 2 aromatic carbocycles. The van der Waals surface area contributed by atoms with Crippen molar-refractivity contribution in [2.45, 2.75) is 6.92 Å². The zero-order valence-corrected chi connectivity index (χ0v) is 13.7. The fraction of sp³-hybridized carbons (Fsp3) is 0.105. The molecule has 1 amide bonds. The minimum atomic E-state index is -0.749. The van der Waals surface area contributed by atoms with Crippen molar-refractivity contribution in [3.63, 3.8) is 0 Å². The standard InChI is InChI=1S/C19H15NO5/c1-11(21)12-4-3-5-14(8-12)20-18(22)16-9-13-6-7-15(24-2)10-17(13)25-19(16)23/h3-10H,1-2H3,(H,20,22). The second-order valence-electron chi connectivity index (χ2n) is 5.44. The van der Waals surface area contributed by atoms with Crippen LogP contribution in [0.25, 0.3) is 11.0 Å². The summed E-state index contributed by atoms with van der Waals surface area (Å²) in [6.45, 7) is 1.44. The molecule has 0 aliphatic carbocycles. The molecule has 0 radical (unpaired) electrons. The summed E-state index contributed by atoms with van der Waals surface area (Å²) in [5, 5.41) is 3.21. The Labute approximate surface area is 143 Å². The van der Waals surface area contributed by atoms with Crippen molar-refractivity contribution in [3.8, 4) is 5.75 Å². The number of methoxy groups -OCH3 is 1. The molecule has 0 bridgehead atoms. The molecule has 0 unspecified atom stereocenters. The van der Waals surface area contributed by atoms with Crippen molar-refractivity contribution in [1.82, 2.24) is 0 Å². The van der Waals surface area contributed by atoms with Crippen LogP contribution in [-0.2, 0) is 0 Å². The summed E-state index contributed by atoms with van der Waals surface area (Å²) in [7, 11) is 1.51. The maximum absolute atomic E-state index is 12.4. The summed E-state index contributed by atoms with van der Waals surface area (Å²) < 4.78 is 10.3. The molecule has 3 rings (SSSR count). The first-order chi connectivity index (χ1) is 12.0. The number of carbonyl (C=O) groups excluding carboxylic acids is 2. The van der Waals surface area contributed by atoms with E-state index in [9.17, 15) is 14.4 Å². The smallest absolute Gasteiger partial charge is 0.349 e. The SMILES string of the molecule is COc1ccc2cc(C(=O)Nc3cccc(C(C)=O)c3)c(=O)oc2c1. The number of fused-ring (bicyclic) bond motifs is 1. The normalized spacial score (nSPS) is 10.5. The van der Waals surface area contributed by atoms with Crippen molar-refractivity contribution in [2.24, 2.45) is 0 Å². The van der Waals surface area contributed by atoms with Crippen molar-refractivity contribution in [2.75, 3.05) is 12.4 Å². The van der Waals surface area contributed by atoms with Crippen LogP contribution >= 0.6 is 0 Å². The Hall–Kier alpha value is -3.41. The maximum atomic E-state index is 12.4. The third-order valence-corrected chi connectivity index (χ3v) is 3.71. The predicted octanol–water partition coefficient (Wildman–Crippen LogP) is 3.26. The van der Waals surface area contributed by atoms with Gasteiger partial charge in [-0.2, -0.15) is 0 Å². The van der Waals surface area contributed by atoms with Crippen LogP contribution in [-0.4, -0.2) is 18.8 Å². The summed E-state index contributed by atoms with van der Waals surface area (Å²) in [6.07, 6.45) is 0. The zero-order valence-electron chi connectivity index (χ0n) is 13.7. The Morgan fingerprint density at radius 2 is 1.88 bits per heavy atom. The van der Waals surface area contributed by atoms with Crippen molar-refractivity contribution in [3.05, 3.63) is 70.1 Å². The fourth-order valence-corrected chi connectivity index (χ4v) is 2.39. The number of ketones is 1. The molecule has 1 heterocycles. The number of ether oxygens (including phenoxy) is 1. The molecule has 1 N–H and O–H groups in total. The van der Waals surface area contributed by atoms with Crippen LogP contribution < -0.4 is 15.7 Å². The van der Waals surface area contributed by atoms with Crippen LogP contribution in [0.4, 0.5) is 5.69 Å². The summed E-state index contributed by atoms with van der Waals surface area (Å²) >= 11 is 0. The van der Waals surface area contributed by atoms with Crippen molar-refractivity contribution < 1.29 is 18.7 Å². The molecule has 25 heavy (non-hydrogen) atoms. The topological polar surface area (TPSA) is 85.6 Å². The van der Waals surface area contributed by atoms with Gasteiger partial charge in [0.15, 0.2) is 5.78 Å². The number of Topliss-reactive ketones (excluding diaryl/α,β-unsaturated/α-hetero) is 1. The number of benzene rings is 2. The molecular formula is C19H15NO5. The molecule has 0 aliphatic rings. The summed E-state index contributed by atoms with van der Waals surface area (Å²) in [6, 6.07) is 12.9. The van der Waals surface area contributed by atoms with Gasteiger partial charge in [0.1, 0.15) is 16.9 Å². The summed E-state index contributed by atoms with van der Waals surface area (Å²) in [5.41, 5.74) is 0.355. The highest BCUT2D eigenvalue weighted by molar-refractivity contribution is 6.06. The van der Waals surface area contributed by atoms with Gasteiger partial charge in [-0.05, 0) is 37.3 Å². The Morgan fingerprint density at radius 1 is 1.08 bits per heavy atom. The first kappa shape index (κ1) is 16.4. The fourth-order valence-electron chi connectivity index (χ4n) is 2.39. The Balaban J connectivity index is 1.94. The predicted molar refractivity (Wildman–Crippen MR) is 93.4 cm³/mol. The third kappa shape index (κ3) is 3.42. The Kier molecular flexibility index (Phi) is 4.35. The van der Waals surface area contributed by atoms with E-state index in [0.29, 0.717) is 28.0 Å². The number of hydrogen-bond acceptors (Lipinski definition) is 5. The molecule has 0 spiro atoms. The zero-order chi connectivity index (χ0) is 18.0. The van der Waals surface area contributed by atoms with Gasteiger partial charge >= 0.3 is 5.63 Å². The molecule has 6 heteroatoms. The average Bonchev–Trinajstić information content (AvgIpc) is 2.60. The van der Waals surface area contributed by atoms with Gasteiger partial charge in [-0.25, -0.2) is 4.79 Å². The van der Waals surface area contributed by atoms with E-state index in [1.807, 2.05) is 0 Å². The Bertz CT molecular complexity index is 1040. The van der Waals surface area contributed by atoms with E-state index >= 15 is 0 Å². The van der Waals surface area contributed by atoms with Crippen LogP contribution in [0.1, 0.15) is 27.6 Å². The van der Waals surface area contributed by atoms with E-state index in [1.54, 1.807) is 42.5 Å². The lowest BCUT2D eigenvalue weighted by Gasteiger charge is -2.07. The number of nitrogens with one attached hydrogen (secondary N) is 1. The Morgan fingerprint density at radius 3 is 2.60 bits per heavy atom. The average molecular weight is 337 g/mol. The van der Waals surface area contributed by atoms with E-state index < -0.39 is 11.5 Å². The largest absolute Gasteiger partial charge is 0.497 e. The van der Waals surface area contributed by atoms with Gasteiger partial charge in [0.2, 0.25) is 0 Å². The van der Waals surface area contributed by atoms with Crippen molar-refractivity contribution in [1.29, 1.82) is 0 Å². The monoisotopic (exact) mass is 337 g/mol. The molecule has 0 fully saturated rings. The number of amides is 1. The van der Waals surface area contributed by atoms with E-state index in [4.69, 9.17) is 9.15 Å². The first-order valence-corrected chi connectivity index (χ1v) is 7.52. The highest BCUT2D eigenvalue weighted by Gasteiger charge is 2.15. The van der Waals surface area contributed by atoms with Crippen LogP contribution in [0.2, 0.25) is 0 Å². The second kappa shape index (κ2) is 6.60. The molecule has 0 atom stereocenters. The molecule has 1 aromatic heterocycles. The van der Waals surface area contributed by atoms with Gasteiger partial charge in [0.25, 0.3) is 5.91 Å². The first-order valence-electron chi connectivity index (χ1n) is 7.52. The number of anilines is 1. The highest BCUT2D eigenvalue weighted by atomic mass is 16.5. The van der Waals surface area contributed by atoms with Crippen LogP contribution in [0.5, 0.6) is 5.75 Å². The highest BCUT2D eigenvalue weighted by Crippen LogP contribution is 2.20. The van der Waals surface area contributed by atoms with Gasteiger partial charge in [-0.1, -0.05) is 12.1 Å². The quantitative estimate of drug-likeness (QED) is 0.583. The van der Waals surface area contributed by atoms with E-state index in [-0.39, 0.29) is 11.3 Å². The summed E-state index contributed by atoms with van der Waals surface area (Å²) in [4.78, 5) is 35.9. The third-order valence-electron chi connectivity index (χ3n) is 3.71. The minimum absolute atomic E-state index is 0.115. The lowest BCUT2D eigenvalue weighted by Crippen LogP contribution is -2.20. The molecule has 3 aromatic rings. The van der Waals surface area contributed by atoms with E-state index in [1.165, 1.54) is 20.1 Å². The van der Waals surface area contributed by atoms with Gasteiger partial charge in [0.05, 0.1) is 7.11 Å². The molecule has 6 nitrogen and oxygen atoms in total. The van der Waals surface area contributed by atoms with Gasteiger partial charge < -0.3 is 14.5 Å². The molecular weight excluding hydrogens is 322 g/mol. The lowest BCUT2D eigenvalue weighted by atomic mass is 10.1. The summed E-state index contributed by atoms with van der Waals surface area (Å²) in [5.74, 6) is -0.170.